The molecule has 3 N–H and O–H groups in total. The van der Waals surface area contributed by atoms with Crippen molar-refractivity contribution in [2.45, 2.75) is 30.8 Å². The van der Waals surface area contributed by atoms with Crippen molar-refractivity contribution in [2.75, 3.05) is 19.3 Å². The Kier molecular flexibility index (Phi) is 9.12. The van der Waals surface area contributed by atoms with Crippen molar-refractivity contribution in [2.24, 2.45) is 7.05 Å². The number of hydrogen-bond donors (Lipinski definition) is 3. The molecule has 0 aliphatic carbocycles. The van der Waals surface area contributed by atoms with Crippen LogP contribution in [0.15, 0.2) is 80.0 Å². The largest absolute Gasteiger partial charge is 0.443 e. The number of nitrogens with zero attached hydrogens (tertiary/aromatic N) is 3. The molecule has 218 valence electrons. The number of aryl methyl sites for hydroxylation is 1. The van der Waals surface area contributed by atoms with Crippen LogP contribution in [-0.2, 0) is 31.4 Å². The number of halogens is 1. The Labute approximate surface area is 250 Å². The first kappa shape index (κ1) is 29.6. The van der Waals surface area contributed by atoms with Crippen LogP contribution in [0.2, 0.25) is 5.02 Å². The number of benzene rings is 2. The van der Waals surface area contributed by atoms with Crippen molar-refractivity contribution in [3.63, 3.8) is 0 Å². The fourth-order valence-corrected chi connectivity index (χ4v) is 5.58. The predicted molar refractivity (Wildman–Crippen MR) is 164 cm³/mol. The third kappa shape index (κ3) is 7.11. The lowest BCUT2D eigenvalue weighted by Crippen LogP contribution is -2.30. The van der Waals surface area contributed by atoms with Gasteiger partial charge in [-0.3, -0.25) is 19.3 Å². The summed E-state index contributed by atoms with van der Waals surface area (Å²) in [6, 6.07) is 16.0. The van der Waals surface area contributed by atoms with Crippen molar-refractivity contribution < 1.29 is 14.3 Å². The van der Waals surface area contributed by atoms with E-state index in [9.17, 15) is 19.5 Å². The van der Waals surface area contributed by atoms with Gasteiger partial charge in [0.25, 0.3) is 5.56 Å². The third-order valence-electron chi connectivity index (χ3n) is 6.68. The molecule has 0 saturated heterocycles. The number of nitrogens with one attached hydrogen (secondary N) is 2. The van der Waals surface area contributed by atoms with Gasteiger partial charge in [0.1, 0.15) is 5.76 Å². The number of thioether (sulfide) groups is 1. The van der Waals surface area contributed by atoms with Gasteiger partial charge >= 0.3 is 0 Å². The number of carbonyl (C=O) groups excluding carboxylic acids is 1. The quantitative estimate of drug-likeness (QED) is 0.154. The van der Waals surface area contributed by atoms with Crippen LogP contribution in [0.3, 0.4) is 0 Å². The lowest BCUT2D eigenvalue weighted by atomic mass is 10.1. The summed E-state index contributed by atoms with van der Waals surface area (Å²) in [4.78, 5) is 47.1. The minimum Gasteiger partial charge on any atom is -0.443 e. The number of pyridine rings is 1. The van der Waals surface area contributed by atoms with Crippen LogP contribution >= 0.6 is 23.4 Å². The van der Waals surface area contributed by atoms with Crippen LogP contribution in [0.1, 0.15) is 16.9 Å². The topological polar surface area (TPSA) is 133 Å². The lowest BCUT2D eigenvalue weighted by molar-refractivity contribution is -0.120. The maximum Gasteiger partial charge on any atom is 0.259 e. The maximum absolute atomic E-state index is 13.2. The second kappa shape index (κ2) is 13.0. The first-order chi connectivity index (χ1) is 20.2. The van der Waals surface area contributed by atoms with Gasteiger partial charge in [-0.15, -0.1) is 0 Å². The zero-order chi connectivity index (χ0) is 29.8. The van der Waals surface area contributed by atoms with E-state index in [4.69, 9.17) is 16.0 Å². The average Bonchev–Trinajstić information content (AvgIpc) is 3.39. The van der Waals surface area contributed by atoms with Gasteiger partial charge in [0.05, 0.1) is 35.4 Å². The molecular weight excluding hydrogens is 578 g/mol. The van der Waals surface area contributed by atoms with Gasteiger partial charge in [-0.25, -0.2) is 4.98 Å². The number of H-pyrrole nitrogens is 1. The van der Waals surface area contributed by atoms with Gasteiger partial charge in [0.15, 0.2) is 10.6 Å². The molecule has 12 heteroatoms. The predicted octanol–water partition coefficient (Wildman–Crippen LogP) is 3.47. The van der Waals surface area contributed by atoms with E-state index < -0.39 is 6.10 Å². The van der Waals surface area contributed by atoms with Crippen molar-refractivity contribution >= 4 is 51.3 Å². The summed E-state index contributed by atoms with van der Waals surface area (Å²) in [5.74, 6) is 0.624. The van der Waals surface area contributed by atoms with Gasteiger partial charge in [-0.2, -0.15) is 0 Å². The highest BCUT2D eigenvalue weighted by Gasteiger charge is 2.18. The third-order valence-corrected chi connectivity index (χ3v) is 7.95. The Hall–Kier alpha value is -3.90. The second-order valence-electron chi connectivity index (χ2n) is 10.2. The van der Waals surface area contributed by atoms with Crippen LogP contribution < -0.4 is 16.3 Å². The number of para-hydroxylation sites is 1. The minimum atomic E-state index is -0.703. The number of hydrogen-bond acceptors (Lipinski definition) is 8. The SMILES string of the molecule is CN(Cc1cc2c(=O)c(CC(=O)NCc3ccc(Cl)cc3)cn(C)c2o1)CC(O)CSc1nc2ccccc2c(=O)[nH]1. The summed E-state index contributed by atoms with van der Waals surface area (Å²) in [6.07, 6.45) is 0.860. The first-order valence-corrected chi connectivity index (χ1v) is 14.6. The summed E-state index contributed by atoms with van der Waals surface area (Å²) in [5.41, 5.74) is 1.82. The highest BCUT2D eigenvalue weighted by molar-refractivity contribution is 7.99. The first-order valence-electron chi connectivity index (χ1n) is 13.3. The lowest BCUT2D eigenvalue weighted by Gasteiger charge is -2.19. The van der Waals surface area contributed by atoms with Crippen LogP contribution in [-0.4, -0.2) is 55.9 Å². The molecule has 1 amide bonds. The molecular formula is C30H30ClN5O5S. The number of rotatable bonds is 11. The van der Waals surface area contributed by atoms with Crippen LogP contribution in [0.4, 0.5) is 0 Å². The summed E-state index contributed by atoms with van der Waals surface area (Å²) in [7, 11) is 3.60. The second-order valence-corrected chi connectivity index (χ2v) is 11.6. The highest BCUT2D eigenvalue weighted by Crippen LogP contribution is 2.20. The van der Waals surface area contributed by atoms with Crippen LogP contribution in [0.5, 0.6) is 0 Å². The zero-order valence-electron chi connectivity index (χ0n) is 23.1. The Morgan fingerprint density at radius 1 is 1.19 bits per heavy atom. The molecule has 0 aliphatic heterocycles. The molecule has 5 rings (SSSR count). The number of aliphatic hydroxyl groups is 1. The Morgan fingerprint density at radius 3 is 2.74 bits per heavy atom. The molecule has 42 heavy (non-hydrogen) atoms. The standard InChI is InChI=1S/C30H30ClN5O5S/c1-35(15-21(37)17-42-30-33-25-6-4-3-5-23(25)28(40)34-30)16-22-12-24-27(39)19(14-36(2)29(24)41-22)11-26(38)32-13-18-7-9-20(31)10-8-18/h3-10,12,14,21,37H,11,13,15-17H2,1-2H3,(H,32,38)(H,33,34,40). The van der Waals surface area contributed by atoms with E-state index in [1.54, 1.807) is 54.2 Å². The molecule has 1 atom stereocenters. The van der Waals surface area contributed by atoms with Gasteiger partial charge in [-0.05, 0) is 42.9 Å². The van der Waals surface area contributed by atoms with Gasteiger partial charge in [-0.1, -0.05) is 47.6 Å². The van der Waals surface area contributed by atoms with E-state index in [1.807, 2.05) is 30.1 Å². The van der Waals surface area contributed by atoms with E-state index in [0.717, 1.165) is 5.56 Å². The van der Waals surface area contributed by atoms with Crippen molar-refractivity contribution in [1.29, 1.82) is 0 Å². The minimum absolute atomic E-state index is 0.0577. The number of aromatic amines is 1. The van der Waals surface area contributed by atoms with E-state index in [-0.39, 0.29) is 23.3 Å². The van der Waals surface area contributed by atoms with Crippen molar-refractivity contribution in [3.8, 4) is 0 Å². The molecule has 0 bridgehead atoms. The number of fused-ring (bicyclic) bond motifs is 2. The fourth-order valence-electron chi connectivity index (χ4n) is 4.67. The number of aliphatic hydroxyl groups excluding tert-OH is 1. The van der Waals surface area contributed by atoms with E-state index in [0.29, 0.717) is 68.9 Å². The van der Waals surface area contributed by atoms with Gasteiger partial charge < -0.3 is 24.4 Å². The molecule has 2 aromatic carbocycles. The van der Waals surface area contributed by atoms with E-state index in [1.165, 1.54) is 11.8 Å². The normalized spacial score (nSPS) is 12.3. The number of aromatic nitrogens is 3. The number of furan rings is 1. The molecule has 0 fully saturated rings. The summed E-state index contributed by atoms with van der Waals surface area (Å²) in [5, 5.41) is 15.4. The molecule has 1 unspecified atom stereocenters. The fraction of sp³-hybridized carbons (Fsp3) is 0.267. The molecule has 0 spiro atoms. The van der Waals surface area contributed by atoms with Crippen LogP contribution in [0.25, 0.3) is 22.0 Å². The number of amides is 1. The summed E-state index contributed by atoms with van der Waals surface area (Å²) in [6.45, 7) is 1.02. The molecule has 3 heterocycles. The Bertz CT molecular complexity index is 1850. The monoisotopic (exact) mass is 607 g/mol. The Balaban J connectivity index is 1.18. The van der Waals surface area contributed by atoms with Crippen LogP contribution in [0, 0.1) is 0 Å². The zero-order valence-corrected chi connectivity index (χ0v) is 24.7. The van der Waals surface area contributed by atoms with E-state index >= 15 is 0 Å². The highest BCUT2D eigenvalue weighted by atomic mass is 35.5. The van der Waals surface area contributed by atoms with E-state index in [2.05, 4.69) is 15.3 Å². The van der Waals surface area contributed by atoms with Crippen molar-refractivity contribution in [3.05, 3.63) is 103 Å². The van der Waals surface area contributed by atoms with Gasteiger partial charge in [0.2, 0.25) is 11.6 Å². The molecule has 5 aromatic rings. The maximum atomic E-state index is 13.2. The number of carbonyl (C=O) groups is 1. The Morgan fingerprint density at radius 2 is 1.95 bits per heavy atom. The smallest absolute Gasteiger partial charge is 0.259 e. The molecule has 0 radical (unpaired) electrons. The molecule has 10 nitrogen and oxygen atoms in total. The van der Waals surface area contributed by atoms with Gasteiger partial charge in [0, 0.05) is 42.7 Å². The summed E-state index contributed by atoms with van der Waals surface area (Å²) >= 11 is 7.18. The van der Waals surface area contributed by atoms with Crippen molar-refractivity contribution in [1.82, 2.24) is 24.8 Å². The molecule has 0 aliphatic rings. The summed E-state index contributed by atoms with van der Waals surface area (Å²) < 4.78 is 7.66. The average molecular weight is 608 g/mol. The molecule has 3 aromatic heterocycles. The molecule has 0 saturated carbocycles. The number of likely N-dealkylation sites (N-methyl/N-ethyl adjacent to an activating group) is 1.